The Hall–Kier alpha value is -3.13. The van der Waals surface area contributed by atoms with Crippen LogP contribution in [0.5, 0.6) is 0 Å². The molecule has 2 nitrogen and oxygen atoms in total. The monoisotopic (exact) mass is 371 g/mol. The third-order valence-electron chi connectivity index (χ3n) is 5.73. The van der Waals surface area contributed by atoms with E-state index in [4.69, 9.17) is 8.22 Å². The van der Waals surface area contributed by atoms with Gasteiger partial charge in [-0.3, -0.25) is 0 Å². The Labute approximate surface area is 174 Å². The van der Waals surface area contributed by atoms with Crippen LogP contribution in [0.1, 0.15) is 24.9 Å². The van der Waals surface area contributed by atoms with Crippen LogP contribution in [0.2, 0.25) is 0 Å². The minimum atomic E-state index is -2.30. The van der Waals surface area contributed by atoms with Gasteiger partial charge in [-0.05, 0) is 37.6 Å². The molecule has 0 saturated heterocycles. The van der Waals surface area contributed by atoms with Crippen LogP contribution in [-0.4, -0.2) is 4.57 Å². The summed E-state index contributed by atoms with van der Waals surface area (Å²) in [5.74, 6) is 0. The van der Waals surface area contributed by atoms with Gasteiger partial charge in [0.25, 0.3) is 0 Å². The Bertz CT molecular complexity index is 1610. The third kappa shape index (κ3) is 2.24. The first-order valence-electron chi connectivity index (χ1n) is 12.3. The van der Waals surface area contributed by atoms with E-state index >= 15 is 0 Å². The van der Waals surface area contributed by atoms with Gasteiger partial charge in [-0.25, -0.2) is 0 Å². The van der Waals surface area contributed by atoms with E-state index in [2.05, 4.69) is 16.7 Å². The van der Waals surface area contributed by atoms with E-state index in [9.17, 15) is 0 Å². The van der Waals surface area contributed by atoms with Crippen molar-refractivity contribution in [2.24, 2.45) is 14.1 Å². The average Bonchev–Trinajstić information content (AvgIpc) is 3.05. The molecule has 28 heavy (non-hydrogen) atoms. The van der Waals surface area contributed by atoms with Crippen molar-refractivity contribution in [3.8, 4) is 11.3 Å². The lowest BCUT2D eigenvalue weighted by atomic mass is 9.99. The molecule has 0 atom stereocenters. The fraction of sp³-hybridized carbons (Fsp3) is 0.192. The number of fused-ring (bicyclic) bond motifs is 5. The molecule has 2 heteroatoms. The molecule has 3 aromatic carbocycles. The Balaban J connectivity index is 1.99. The molecule has 0 N–H and O–H groups in total. The van der Waals surface area contributed by atoms with Crippen LogP contribution in [0.25, 0.3) is 43.8 Å². The zero-order valence-corrected chi connectivity index (χ0v) is 16.2. The van der Waals surface area contributed by atoms with Crippen LogP contribution in [0, 0.1) is 20.6 Å². The van der Waals surface area contributed by atoms with Gasteiger partial charge in [0.1, 0.15) is 12.6 Å². The molecular formula is C26H25N2+. The van der Waals surface area contributed by atoms with Crippen LogP contribution in [0.3, 0.4) is 0 Å². The predicted octanol–water partition coefficient (Wildman–Crippen LogP) is 5.90. The standard InChI is InChI=1S/C26H25N2/c1-16-10-12-20(17(2)14-16)25-26-23(18(3)15-27(25)4)22-13-11-19-8-6-7-9-21(19)24(22)28(26)5/h6-15H,1-5H3/q+1/i1D3,3D3. The predicted molar refractivity (Wildman–Crippen MR) is 119 cm³/mol. The van der Waals surface area contributed by atoms with Gasteiger partial charge >= 0.3 is 0 Å². The normalized spacial score (nSPS) is 15.8. The van der Waals surface area contributed by atoms with Crippen molar-refractivity contribution >= 4 is 32.6 Å². The maximum absolute atomic E-state index is 8.26. The molecule has 0 fully saturated rings. The van der Waals surface area contributed by atoms with Gasteiger partial charge in [0.05, 0.1) is 11.1 Å². The number of pyridine rings is 1. The Kier molecular flexibility index (Phi) is 2.47. The average molecular weight is 372 g/mol. The number of rotatable bonds is 1. The van der Waals surface area contributed by atoms with E-state index in [1.54, 1.807) is 18.3 Å². The van der Waals surface area contributed by atoms with Gasteiger partial charge in [0, 0.05) is 37.0 Å². The van der Waals surface area contributed by atoms with Crippen molar-refractivity contribution in [2.75, 3.05) is 0 Å². The first kappa shape index (κ1) is 11.7. The highest BCUT2D eigenvalue weighted by atomic mass is 15.0. The zero-order valence-electron chi connectivity index (χ0n) is 22.2. The van der Waals surface area contributed by atoms with E-state index in [0.29, 0.717) is 10.9 Å². The summed E-state index contributed by atoms with van der Waals surface area (Å²) in [7, 11) is 3.81. The summed E-state index contributed by atoms with van der Waals surface area (Å²) >= 11 is 0. The van der Waals surface area contributed by atoms with Gasteiger partial charge in [0.15, 0.2) is 6.20 Å². The van der Waals surface area contributed by atoms with E-state index in [1.807, 2.05) is 55.9 Å². The molecule has 0 aliphatic heterocycles. The fourth-order valence-corrected chi connectivity index (χ4v) is 4.51. The molecule has 5 rings (SSSR count). The van der Waals surface area contributed by atoms with Crippen molar-refractivity contribution in [3.63, 3.8) is 0 Å². The maximum Gasteiger partial charge on any atom is 0.237 e. The fourth-order valence-electron chi connectivity index (χ4n) is 4.51. The van der Waals surface area contributed by atoms with E-state index in [0.717, 1.165) is 44.0 Å². The second kappa shape index (κ2) is 5.93. The van der Waals surface area contributed by atoms with E-state index in [1.165, 1.54) is 0 Å². The Morgan fingerprint density at radius 1 is 0.893 bits per heavy atom. The lowest BCUT2D eigenvalue weighted by molar-refractivity contribution is -0.659. The van der Waals surface area contributed by atoms with Gasteiger partial charge < -0.3 is 4.57 Å². The molecule has 0 radical (unpaired) electrons. The third-order valence-corrected chi connectivity index (χ3v) is 5.73. The van der Waals surface area contributed by atoms with Crippen molar-refractivity contribution in [3.05, 3.63) is 77.5 Å². The summed E-state index contributed by atoms with van der Waals surface area (Å²) in [6.07, 6.45) is 1.69. The van der Waals surface area contributed by atoms with E-state index in [-0.39, 0.29) is 5.56 Å². The molecule has 2 heterocycles. The Morgan fingerprint density at radius 3 is 2.54 bits per heavy atom. The highest BCUT2D eigenvalue weighted by Crippen LogP contribution is 2.38. The largest absolute Gasteiger partial charge is 0.338 e. The SMILES string of the molecule is [2H]C([2H])([2H])c1ccc(-c2c3c(c(C([2H])([2H])[2H])c[n+]2C)c2ccc4ccccc4c2n3C)c(C)c1. The lowest BCUT2D eigenvalue weighted by Gasteiger charge is -2.10. The van der Waals surface area contributed by atoms with Crippen molar-refractivity contribution in [1.29, 1.82) is 0 Å². The van der Waals surface area contributed by atoms with Crippen LogP contribution in [0.4, 0.5) is 0 Å². The molecule has 0 amide bonds. The minimum absolute atomic E-state index is 0.287. The quantitative estimate of drug-likeness (QED) is 0.324. The summed E-state index contributed by atoms with van der Waals surface area (Å²) in [6, 6.07) is 17.3. The molecule has 0 aliphatic rings. The van der Waals surface area contributed by atoms with Gasteiger partial charge in [-0.2, -0.15) is 4.57 Å². The smallest absolute Gasteiger partial charge is 0.237 e. The summed E-state index contributed by atoms with van der Waals surface area (Å²) in [5.41, 5.74) is 4.91. The van der Waals surface area contributed by atoms with Crippen LogP contribution < -0.4 is 4.57 Å². The zero-order chi connectivity index (χ0) is 24.6. The second-order valence-corrected chi connectivity index (χ2v) is 7.50. The maximum atomic E-state index is 8.26. The van der Waals surface area contributed by atoms with Crippen LogP contribution >= 0.6 is 0 Å². The van der Waals surface area contributed by atoms with Gasteiger partial charge in [-0.1, -0.05) is 54.1 Å². The highest BCUT2D eigenvalue weighted by molar-refractivity contribution is 6.20. The van der Waals surface area contributed by atoms with Crippen molar-refractivity contribution in [1.82, 2.24) is 4.57 Å². The van der Waals surface area contributed by atoms with Crippen LogP contribution in [-0.2, 0) is 14.1 Å². The lowest BCUT2D eigenvalue weighted by Crippen LogP contribution is -2.32. The number of benzene rings is 3. The molecule has 138 valence electrons. The number of hydrogen-bond donors (Lipinski definition) is 0. The Morgan fingerprint density at radius 2 is 1.75 bits per heavy atom. The minimum Gasteiger partial charge on any atom is -0.338 e. The molecular weight excluding hydrogens is 340 g/mol. The number of hydrogen-bond acceptors (Lipinski definition) is 0. The molecule has 0 spiro atoms. The first-order valence-corrected chi connectivity index (χ1v) is 9.34. The molecule has 5 aromatic rings. The summed E-state index contributed by atoms with van der Waals surface area (Å²) in [5, 5.41) is 3.73. The topological polar surface area (TPSA) is 8.81 Å². The summed E-state index contributed by atoms with van der Waals surface area (Å²) in [4.78, 5) is 0. The second-order valence-electron chi connectivity index (χ2n) is 7.50. The van der Waals surface area contributed by atoms with Gasteiger partial charge in [-0.15, -0.1) is 0 Å². The van der Waals surface area contributed by atoms with Crippen LogP contribution in [0.15, 0.2) is 60.8 Å². The molecule has 0 bridgehead atoms. The van der Waals surface area contributed by atoms with E-state index < -0.39 is 13.7 Å². The summed E-state index contributed by atoms with van der Waals surface area (Å²) < 4.78 is 52.0. The van der Waals surface area contributed by atoms with Crippen molar-refractivity contribution < 1.29 is 12.8 Å². The molecule has 0 unspecified atom stereocenters. The number of nitrogens with zero attached hydrogens (tertiary/aromatic N) is 2. The first-order chi connectivity index (χ1) is 15.9. The molecule has 0 saturated carbocycles. The molecule has 2 aromatic heterocycles. The number of aromatic nitrogens is 2. The summed E-state index contributed by atoms with van der Waals surface area (Å²) in [6.45, 7) is -2.59. The van der Waals surface area contributed by atoms with Crippen molar-refractivity contribution in [2.45, 2.75) is 20.6 Å². The number of aryl methyl sites for hydroxylation is 5. The highest BCUT2D eigenvalue weighted by Gasteiger charge is 2.24. The molecule has 0 aliphatic carbocycles. The van der Waals surface area contributed by atoms with Gasteiger partial charge in [0.2, 0.25) is 5.69 Å².